The van der Waals surface area contributed by atoms with Crippen LogP contribution in [0.1, 0.15) is 18.2 Å². The quantitative estimate of drug-likeness (QED) is 0.780. The third-order valence-corrected chi connectivity index (χ3v) is 3.84. The van der Waals surface area contributed by atoms with Gasteiger partial charge in [-0.15, -0.1) is 24.8 Å². The molecule has 1 aromatic heterocycles. The summed E-state index contributed by atoms with van der Waals surface area (Å²) >= 11 is 3.37. The fraction of sp³-hybridized carbons (Fsp3) is 0.250. The second-order valence-corrected chi connectivity index (χ2v) is 5.95. The highest BCUT2D eigenvalue weighted by atomic mass is 79.9. The average molecular weight is 421 g/mol. The number of halogens is 3. The minimum atomic E-state index is -1.05. The summed E-state index contributed by atoms with van der Waals surface area (Å²) in [5, 5.41) is 2.87. The van der Waals surface area contributed by atoms with Gasteiger partial charge in [-0.2, -0.15) is 0 Å². The van der Waals surface area contributed by atoms with Gasteiger partial charge in [-0.05, 0) is 36.8 Å². The molecule has 23 heavy (non-hydrogen) atoms. The summed E-state index contributed by atoms with van der Waals surface area (Å²) in [4.78, 5) is 16.5. The molecule has 2 rings (SSSR count). The van der Waals surface area contributed by atoms with E-state index in [1.54, 1.807) is 13.1 Å². The van der Waals surface area contributed by atoms with E-state index in [1.165, 1.54) is 0 Å². The van der Waals surface area contributed by atoms with E-state index < -0.39 is 5.54 Å². The second kappa shape index (κ2) is 9.88. The van der Waals surface area contributed by atoms with Crippen LogP contribution in [0.5, 0.6) is 0 Å². The number of nitrogens with one attached hydrogen (secondary N) is 1. The Hall–Kier alpha value is -1.14. The maximum atomic E-state index is 12.3. The lowest BCUT2D eigenvalue weighted by atomic mass is 9.92. The Morgan fingerprint density at radius 2 is 1.87 bits per heavy atom. The highest BCUT2D eigenvalue weighted by molar-refractivity contribution is 9.10. The van der Waals surface area contributed by atoms with E-state index in [9.17, 15) is 4.79 Å². The van der Waals surface area contributed by atoms with Gasteiger partial charge >= 0.3 is 0 Å². The van der Waals surface area contributed by atoms with Crippen molar-refractivity contribution in [3.8, 4) is 0 Å². The van der Waals surface area contributed by atoms with Crippen molar-refractivity contribution in [2.24, 2.45) is 5.73 Å². The third-order valence-electron chi connectivity index (χ3n) is 3.31. The Morgan fingerprint density at radius 3 is 2.43 bits per heavy atom. The van der Waals surface area contributed by atoms with Crippen molar-refractivity contribution < 1.29 is 4.79 Å². The summed E-state index contributed by atoms with van der Waals surface area (Å²) in [5.74, 6) is -0.194. The molecule has 2 aromatic rings. The fourth-order valence-corrected chi connectivity index (χ4v) is 2.23. The number of amides is 1. The van der Waals surface area contributed by atoms with Crippen molar-refractivity contribution >= 4 is 46.7 Å². The van der Waals surface area contributed by atoms with Gasteiger partial charge in [-0.1, -0.05) is 34.1 Å². The first-order valence-corrected chi connectivity index (χ1v) is 7.52. The van der Waals surface area contributed by atoms with E-state index in [0.717, 1.165) is 15.7 Å². The number of rotatable bonds is 5. The van der Waals surface area contributed by atoms with Crippen LogP contribution in [0.4, 0.5) is 0 Å². The van der Waals surface area contributed by atoms with Crippen LogP contribution >= 0.6 is 40.7 Å². The summed E-state index contributed by atoms with van der Waals surface area (Å²) in [6.45, 7) is 2.23. The third kappa shape index (κ3) is 6.11. The molecule has 0 spiro atoms. The Kier molecular flexibility index (Phi) is 9.39. The van der Waals surface area contributed by atoms with Crippen molar-refractivity contribution in [3.63, 3.8) is 0 Å². The number of carbonyl (C=O) groups is 1. The van der Waals surface area contributed by atoms with Gasteiger partial charge < -0.3 is 11.1 Å². The molecule has 7 heteroatoms. The number of nitrogens with two attached hydrogens (primary N) is 1. The summed E-state index contributed by atoms with van der Waals surface area (Å²) < 4.78 is 0.956. The van der Waals surface area contributed by atoms with Crippen LogP contribution in [0.25, 0.3) is 0 Å². The van der Waals surface area contributed by atoms with Gasteiger partial charge in [0.05, 0.1) is 0 Å². The molecule has 0 aliphatic carbocycles. The van der Waals surface area contributed by atoms with Crippen LogP contribution in [-0.2, 0) is 16.8 Å². The zero-order valence-corrected chi connectivity index (χ0v) is 15.9. The van der Waals surface area contributed by atoms with Crippen LogP contribution < -0.4 is 11.1 Å². The molecule has 1 atom stereocenters. The van der Waals surface area contributed by atoms with Gasteiger partial charge in [-0.3, -0.25) is 9.78 Å². The molecule has 1 unspecified atom stereocenters. The van der Waals surface area contributed by atoms with Crippen molar-refractivity contribution in [2.45, 2.75) is 18.9 Å². The standard InChI is InChI=1S/C16H18BrN3O.2ClH/c1-16(18,12-5-7-13(17)8-6-12)15(21)20-11-9-14-4-2-3-10-19-14;;/h2-8,10H,9,11,18H2,1H3,(H,20,21);2*1H. The number of nitrogens with zero attached hydrogens (tertiary/aromatic N) is 1. The lowest BCUT2D eigenvalue weighted by Crippen LogP contribution is -2.49. The molecule has 0 radical (unpaired) electrons. The molecular formula is C16H20BrCl2N3O. The molecule has 0 fully saturated rings. The molecule has 1 aromatic carbocycles. The Bertz CT molecular complexity index is 606. The van der Waals surface area contributed by atoms with Crippen molar-refractivity contribution in [2.75, 3.05) is 6.54 Å². The van der Waals surface area contributed by atoms with Gasteiger partial charge in [0, 0.05) is 29.3 Å². The summed E-state index contributed by atoms with van der Waals surface area (Å²) in [6.07, 6.45) is 2.43. The molecule has 126 valence electrons. The lowest BCUT2D eigenvalue weighted by molar-refractivity contribution is -0.126. The first-order chi connectivity index (χ1) is 10.00. The van der Waals surface area contributed by atoms with Gasteiger partial charge in [0.15, 0.2) is 0 Å². The molecule has 4 nitrogen and oxygen atoms in total. The second-order valence-electron chi connectivity index (χ2n) is 5.04. The van der Waals surface area contributed by atoms with Crippen LogP contribution in [0.15, 0.2) is 53.1 Å². The predicted octanol–water partition coefficient (Wildman–Crippen LogP) is 3.22. The predicted molar refractivity (Wildman–Crippen MR) is 101 cm³/mol. The monoisotopic (exact) mass is 419 g/mol. The van der Waals surface area contributed by atoms with Crippen molar-refractivity contribution in [3.05, 3.63) is 64.4 Å². The fourth-order valence-electron chi connectivity index (χ4n) is 1.96. The van der Waals surface area contributed by atoms with E-state index in [0.29, 0.717) is 13.0 Å². The average Bonchev–Trinajstić information content (AvgIpc) is 2.48. The van der Waals surface area contributed by atoms with E-state index in [1.807, 2.05) is 42.5 Å². The van der Waals surface area contributed by atoms with Crippen LogP contribution in [0, 0.1) is 0 Å². The minimum absolute atomic E-state index is 0. The van der Waals surface area contributed by atoms with Gasteiger partial charge in [0.2, 0.25) is 5.91 Å². The Morgan fingerprint density at radius 1 is 1.22 bits per heavy atom. The molecule has 0 bridgehead atoms. The molecule has 1 heterocycles. The van der Waals surface area contributed by atoms with Gasteiger partial charge in [-0.25, -0.2) is 0 Å². The molecule has 0 saturated heterocycles. The van der Waals surface area contributed by atoms with E-state index >= 15 is 0 Å². The van der Waals surface area contributed by atoms with E-state index in [-0.39, 0.29) is 30.7 Å². The number of benzene rings is 1. The highest BCUT2D eigenvalue weighted by Gasteiger charge is 2.29. The van der Waals surface area contributed by atoms with Crippen molar-refractivity contribution in [1.82, 2.24) is 10.3 Å². The Labute approximate surface area is 157 Å². The Balaban J connectivity index is 0.00000242. The summed E-state index contributed by atoms with van der Waals surface area (Å²) in [7, 11) is 0. The van der Waals surface area contributed by atoms with Gasteiger partial charge in [0.1, 0.15) is 5.54 Å². The molecule has 0 saturated carbocycles. The molecule has 0 aliphatic rings. The number of hydrogen-bond acceptors (Lipinski definition) is 3. The summed E-state index contributed by atoms with van der Waals surface area (Å²) in [6, 6.07) is 13.2. The maximum absolute atomic E-state index is 12.3. The van der Waals surface area contributed by atoms with Gasteiger partial charge in [0.25, 0.3) is 0 Å². The van der Waals surface area contributed by atoms with E-state index in [2.05, 4.69) is 26.2 Å². The first kappa shape index (κ1) is 21.9. The normalized spacial score (nSPS) is 12.3. The smallest absolute Gasteiger partial charge is 0.244 e. The SMILES string of the molecule is CC(N)(C(=O)NCCc1ccccn1)c1ccc(Br)cc1.Cl.Cl. The maximum Gasteiger partial charge on any atom is 0.244 e. The number of hydrogen-bond donors (Lipinski definition) is 2. The molecule has 3 N–H and O–H groups in total. The number of carbonyl (C=O) groups excluding carboxylic acids is 1. The van der Waals surface area contributed by atoms with Crippen LogP contribution in [0.2, 0.25) is 0 Å². The van der Waals surface area contributed by atoms with Crippen LogP contribution in [0.3, 0.4) is 0 Å². The first-order valence-electron chi connectivity index (χ1n) is 6.73. The topological polar surface area (TPSA) is 68.0 Å². The minimum Gasteiger partial charge on any atom is -0.354 e. The zero-order valence-electron chi connectivity index (χ0n) is 12.7. The summed E-state index contributed by atoms with van der Waals surface area (Å²) in [5.41, 5.74) is 6.84. The molecule has 1 amide bonds. The van der Waals surface area contributed by atoms with Crippen molar-refractivity contribution in [1.29, 1.82) is 0 Å². The zero-order chi connectivity index (χ0) is 15.3. The van der Waals surface area contributed by atoms with Crippen LogP contribution in [-0.4, -0.2) is 17.4 Å². The number of pyridine rings is 1. The van der Waals surface area contributed by atoms with E-state index in [4.69, 9.17) is 5.73 Å². The molecular weight excluding hydrogens is 401 g/mol. The lowest BCUT2D eigenvalue weighted by Gasteiger charge is -2.24. The molecule has 0 aliphatic heterocycles. The number of aromatic nitrogens is 1. The highest BCUT2D eigenvalue weighted by Crippen LogP contribution is 2.20. The largest absolute Gasteiger partial charge is 0.354 e.